The van der Waals surface area contributed by atoms with Crippen LogP contribution >= 0.6 is 0 Å². The maximum atomic E-state index is 12.0. The maximum absolute atomic E-state index is 12.0. The molecule has 0 aliphatic carbocycles. The smallest absolute Gasteiger partial charge is 0.155 e. The number of aryl methyl sites for hydroxylation is 2. The normalized spacial score (nSPS) is 12.4. The van der Waals surface area contributed by atoms with Crippen molar-refractivity contribution < 1.29 is 22.7 Å². The second-order valence-corrected chi connectivity index (χ2v) is 10.0. The number of allylic oxidation sites excluding steroid dienone is 1. The number of oxime groups is 1. The molecule has 0 spiro atoms. The van der Waals surface area contributed by atoms with Crippen LogP contribution in [-0.4, -0.2) is 46.0 Å². The van der Waals surface area contributed by atoms with E-state index in [-0.39, 0.29) is 11.5 Å². The zero-order valence-corrected chi connectivity index (χ0v) is 20.6. The van der Waals surface area contributed by atoms with Crippen molar-refractivity contribution in [3.63, 3.8) is 0 Å². The Kier molecular flexibility index (Phi) is 13.0. The molecule has 0 saturated heterocycles. The summed E-state index contributed by atoms with van der Waals surface area (Å²) in [7, 11) is -1.68. The molecule has 0 fully saturated rings. The van der Waals surface area contributed by atoms with Gasteiger partial charge in [-0.3, -0.25) is 0 Å². The second kappa shape index (κ2) is 14.9. The Morgan fingerprint density at radius 3 is 2.23 bits per heavy atom. The fourth-order valence-electron chi connectivity index (χ4n) is 3.34. The molecule has 0 N–H and O–H groups in total. The lowest BCUT2D eigenvalue weighted by Gasteiger charge is -2.14. The van der Waals surface area contributed by atoms with Gasteiger partial charge in [0.1, 0.15) is 25.2 Å². The molecule has 0 aromatic heterocycles. The summed E-state index contributed by atoms with van der Waals surface area (Å²) < 4.78 is 35.7. The monoisotopic (exact) mass is 453 g/mol. The Hall–Kier alpha value is -2.02. The molecule has 0 heterocycles. The van der Waals surface area contributed by atoms with Crippen molar-refractivity contribution in [1.82, 2.24) is 0 Å². The molecule has 0 unspecified atom stereocenters. The molecule has 0 aliphatic heterocycles. The highest BCUT2D eigenvalue weighted by Gasteiger charge is 2.12. The second-order valence-electron chi connectivity index (χ2n) is 7.84. The van der Waals surface area contributed by atoms with E-state index in [1.165, 1.54) is 7.11 Å². The van der Waals surface area contributed by atoms with E-state index >= 15 is 0 Å². The first-order chi connectivity index (χ1) is 14.8. The van der Waals surface area contributed by atoms with Gasteiger partial charge in [-0.15, -0.1) is 0 Å². The third-order valence-corrected chi connectivity index (χ3v) is 6.56. The predicted molar refractivity (Wildman–Crippen MR) is 128 cm³/mol. The van der Waals surface area contributed by atoms with Crippen molar-refractivity contribution in [3.8, 4) is 11.5 Å². The van der Waals surface area contributed by atoms with Gasteiger partial charge in [-0.2, -0.15) is 0 Å². The quantitative estimate of drug-likeness (QED) is 0.145. The van der Waals surface area contributed by atoms with Crippen LogP contribution in [0.5, 0.6) is 11.5 Å². The molecule has 1 aromatic carbocycles. The van der Waals surface area contributed by atoms with Gasteiger partial charge in [-0.1, -0.05) is 43.0 Å². The summed E-state index contributed by atoms with van der Waals surface area (Å²) in [5, 5.41) is 3.66. The van der Waals surface area contributed by atoms with Crippen molar-refractivity contribution >= 4 is 15.5 Å². The van der Waals surface area contributed by atoms with Crippen LogP contribution in [0.4, 0.5) is 0 Å². The van der Waals surface area contributed by atoms with Crippen molar-refractivity contribution in [2.24, 2.45) is 5.16 Å². The van der Waals surface area contributed by atoms with Gasteiger partial charge in [-0.05, 0) is 63.8 Å². The fourth-order valence-corrected chi connectivity index (χ4v) is 4.82. The summed E-state index contributed by atoms with van der Waals surface area (Å²) in [6.07, 6.45) is 9.76. The van der Waals surface area contributed by atoms with Crippen LogP contribution in [0.25, 0.3) is 0 Å². The Bertz CT molecular complexity index is 792. The van der Waals surface area contributed by atoms with Gasteiger partial charge in [-0.25, -0.2) is 8.42 Å². The summed E-state index contributed by atoms with van der Waals surface area (Å²) >= 11 is 0. The zero-order valence-electron chi connectivity index (χ0n) is 19.8. The number of ether oxygens (including phenoxy) is 2. The largest absolute Gasteiger partial charge is 0.493 e. The summed E-state index contributed by atoms with van der Waals surface area (Å²) in [6, 6.07) is 4.03. The Morgan fingerprint density at radius 2 is 1.61 bits per heavy atom. The van der Waals surface area contributed by atoms with Gasteiger partial charge in [0.25, 0.3) is 0 Å². The Morgan fingerprint density at radius 1 is 1.00 bits per heavy atom. The van der Waals surface area contributed by atoms with Crippen LogP contribution in [0.2, 0.25) is 0 Å². The number of sulfone groups is 1. The molecule has 0 saturated carbocycles. The topological polar surface area (TPSA) is 74.2 Å². The van der Waals surface area contributed by atoms with Gasteiger partial charge in [0.2, 0.25) is 0 Å². The van der Waals surface area contributed by atoms with E-state index in [9.17, 15) is 8.42 Å². The van der Waals surface area contributed by atoms with E-state index < -0.39 is 9.84 Å². The van der Waals surface area contributed by atoms with E-state index in [2.05, 4.69) is 9.99 Å². The molecule has 0 amide bonds. The first kappa shape index (κ1) is 27.0. The number of benzene rings is 1. The van der Waals surface area contributed by atoms with Crippen LogP contribution in [0.15, 0.2) is 29.4 Å². The standard InChI is InChI=1S/C24H39NO5S/c1-6-7-14-29-23-17-20(2)24(21(3)18-23)30-15-12-10-8-9-11-13-16-31(26,27)19-22(4)25-28-5/h6-7,17-18H,8-16,19H2,1-5H3/b7-6+,25-22+. The summed E-state index contributed by atoms with van der Waals surface area (Å²) in [4.78, 5) is 4.61. The average molecular weight is 454 g/mol. The number of hydrogen-bond donors (Lipinski definition) is 0. The lowest BCUT2D eigenvalue weighted by atomic mass is 10.1. The molecular weight excluding hydrogens is 414 g/mol. The van der Waals surface area contributed by atoms with Crippen molar-refractivity contribution in [1.29, 1.82) is 0 Å². The fraction of sp³-hybridized carbons (Fsp3) is 0.625. The van der Waals surface area contributed by atoms with E-state index in [1.807, 2.05) is 45.1 Å². The molecule has 0 bridgehead atoms. The van der Waals surface area contributed by atoms with Gasteiger partial charge < -0.3 is 14.3 Å². The number of nitrogens with zero attached hydrogens (tertiary/aromatic N) is 1. The first-order valence-electron chi connectivity index (χ1n) is 11.0. The molecule has 1 aromatic rings. The maximum Gasteiger partial charge on any atom is 0.155 e. The minimum absolute atomic E-state index is 0.0279. The first-order valence-corrected chi connectivity index (χ1v) is 12.9. The molecule has 0 atom stereocenters. The van der Waals surface area contributed by atoms with Crippen LogP contribution in [0, 0.1) is 13.8 Å². The number of hydrogen-bond acceptors (Lipinski definition) is 6. The van der Waals surface area contributed by atoms with Crippen molar-refractivity contribution in [2.75, 3.05) is 31.8 Å². The van der Waals surface area contributed by atoms with E-state index in [0.717, 1.165) is 54.7 Å². The minimum atomic E-state index is -3.10. The zero-order chi connectivity index (χ0) is 23.1. The van der Waals surface area contributed by atoms with Crippen LogP contribution in [0.3, 0.4) is 0 Å². The molecule has 31 heavy (non-hydrogen) atoms. The van der Waals surface area contributed by atoms with Gasteiger partial charge >= 0.3 is 0 Å². The summed E-state index contributed by atoms with van der Waals surface area (Å²) in [5.74, 6) is 1.99. The lowest BCUT2D eigenvalue weighted by molar-refractivity contribution is 0.213. The molecule has 1 rings (SSSR count). The number of unbranched alkanes of at least 4 members (excludes halogenated alkanes) is 5. The van der Waals surface area contributed by atoms with Crippen molar-refractivity contribution in [2.45, 2.75) is 66.2 Å². The van der Waals surface area contributed by atoms with Gasteiger partial charge in [0, 0.05) is 0 Å². The van der Waals surface area contributed by atoms with E-state index in [1.54, 1.807) is 6.92 Å². The highest BCUT2D eigenvalue weighted by atomic mass is 32.2. The van der Waals surface area contributed by atoms with Crippen molar-refractivity contribution in [3.05, 3.63) is 35.4 Å². The SMILES string of the molecule is C/C=C/COc1cc(C)c(OCCCCCCCCS(=O)(=O)C/C(C)=N/OC)c(C)c1. The van der Waals surface area contributed by atoms with Crippen LogP contribution in [-0.2, 0) is 14.7 Å². The van der Waals surface area contributed by atoms with Crippen LogP contribution < -0.4 is 9.47 Å². The van der Waals surface area contributed by atoms with Gasteiger partial charge in [0.05, 0.1) is 23.8 Å². The highest BCUT2D eigenvalue weighted by Crippen LogP contribution is 2.28. The van der Waals surface area contributed by atoms with Crippen LogP contribution in [0.1, 0.15) is 63.5 Å². The molecular formula is C24H39NO5S. The lowest BCUT2D eigenvalue weighted by Crippen LogP contribution is -2.17. The average Bonchev–Trinajstić information content (AvgIpc) is 2.68. The Balaban J connectivity index is 2.21. The van der Waals surface area contributed by atoms with E-state index in [4.69, 9.17) is 9.47 Å². The molecule has 176 valence electrons. The molecule has 0 aliphatic rings. The number of rotatable bonds is 16. The van der Waals surface area contributed by atoms with E-state index in [0.29, 0.717) is 25.3 Å². The molecule has 0 radical (unpaired) electrons. The third kappa shape index (κ3) is 11.8. The summed E-state index contributed by atoms with van der Waals surface area (Å²) in [5.41, 5.74) is 2.66. The predicted octanol–water partition coefficient (Wildman–Crippen LogP) is 5.41. The summed E-state index contributed by atoms with van der Waals surface area (Å²) in [6.45, 7) is 8.99. The highest BCUT2D eigenvalue weighted by molar-refractivity contribution is 7.92. The molecule has 7 heteroatoms. The Labute approximate surface area is 188 Å². The molecule has 6 nitrogen and oxygen atoms in total. The minimum Gasteiger partial charge on any atom is -0.493 e. The van der Waals surface area contributed by atoms with Gasteiger partial charge in [0.15, 0.2) is 9.84 Å². The third-order valence-electron chi connectivity index (χ3n) is 4.79.